The van der Waals surface area contributed by atoms with Gasteiger partial charge in [0.1, 0.15) is 0 Å². The number of unbranched alkanes of at least 4 members (excludes halogenated alkanes) is 51. The Morgan fingerprint density at radius 2 is 0.627 bits per heavy atom. The molecule has 0 aliphatic carbocycles. The molecule has 0 heterocycles. The molecule has 0 rings (SSSR count). The number of amides is 1. The zero-order valence-corrected chi connectivity index (χ0v) is 50.8. The summed E-state index contributed by atoms with van der Waals surface area (Å²) in [6.07, 6.45) is 80.9. The van der Waals surface area contributed by atoms with Crippen LogP contribution in [-0.2, 0) is 14.3 Å². The second-order valence-electron chi connectivity index (χ2n) is 23.5. The lowest BCUT2D eigenvalue weighted by Gasteiger charge is -2.20. The van der Waals surface area contributed by atoms with E-state index in [9.17, 15) is 19.8 Å². The standard InChI is InChI=1S/C69H133NO5/c1-3-5-7-9-11-13-15-17-19-21-22-27-30-33-37-41-45-49-53-57-61-67(72)66(65-71)70-68(73)62-58-54-50-46-42-38-34-31-28-25-23-24-26-29-32-36-40-44-48-52-56-60-64-75-69(74)63-59-55-51-47-43-39-35-20-18-16-14-12-10-8-6-4-2/h25,28,57,61,66-67,71-72H,3-24,26-27,29-56,58-60,62-65H2,1-2H3,(H,70,73)/b28-25-,61-57+. The minimum Gasteiger partial charge on any atom is -0.466 e. The van der Waals surface area contributed by atoms with Gasteiger partial charge < -0.3 is 20.3 Å². The molecule has 6 heteroatoms. The number of hydrogen-bond acceptors (Lipinski definition) is 5. The van der Waals surface area contributed by atoms with E-state index in [0.717, 1.165) is 44.9 Å². The quantitative estimate of drug-likeness (QED) is 0.0320. The fourth-order valence-electron chi connectivity index (χ4n) is 10.7. The van der Waals surface area contributed by atoms with E-state index in [2.05, 4.69) is 31.3 Å². The maximum absolute atomic E-state index is 12.5. The Bertz CT molecular complexity index is 1170. The molecule has 2 unspecified atom stereocenters. The molecule has 0 aromatic rings. The van der Waals surface area contributed by atoms with Crippen LogP contribution in [0.1, 0.15) is 380 Å². The van der Waals surface area contributed by atoms with Gasteiger partial charge in [0.25, 0.3) is 0 Å². The number of aliphatic hydroxyl groups excluding tert-OH is 2. The summed E-state index contributed by atoms with van der Waals surface area (Å²) in [5.74, 6) is -0.0579. The SMILES string of the molecule is CCCCCCCCCCCCCCCCCCCC/C=C/C(O)C(CO)NC(=O)CCCCCCCCC/C=C\CCCCCCCCCCCCCOC(=O)CCCCCCCCCCCCCCCCCC. The van der Waals surface area contributed by atoms with E-state index >= 15 is 0 Å². The molecule has 0 saturated heterocycles. The van der Waals surface area contributed by atoms with E-state index in [0.29, 0.717) is 19.4 Å². The highest BCUT2D eigenvalue weighted by Crippen LogP contribution is 2.18. The molecule has 0 aromatic heterocycles. The average Bonchev–Trinajstić information content (AvgIpc) is 3.41. The fraction of sp³-hybridized carbons (Fsp3) is 0.913. The molecule has 0 fully saturated rings. The highest BCUT2D eigenvalue weighted by atomic mass is 16.5. The van der Waals surface area contributed by atoms with Crippen LogP contribution in [-0.4, -0.2) is 47.4 Å². The van der Waals surface area contributed by atoms with E-state index < -0.39 is 12.1 Å². The van der Waals surface area contributed by atoms with Gasteiger partial charge in [0, 0.05) is 12.8 Å². The van der Waals surface area contributed by atoms with Crippen LogP contribution in [0.2, 0.25) is 0 Å². The van der Waals surface area contributed by atoms with Crippen LogP contribution >= 0.6 is 0 Å². The molecule has 3 N–H and O–H groups in total. The molecule has 0 aromatic carbocycles. The second kappa shape index (κ2) is 64.9. The summed E-state index contributed by atoms with van der Waals surface area (Å²) in [5, 5.41) is 23.2. The Morgan fingerprint density at radius 1 is 0.360 bits per heavy atom. The highest BCUT2D eigenvalue weighted by molar-refractivity contribution is 5.76. The first-order chi connectivity index (χ1) is 37.0. The molecule has 0 bridgehead atoms. The lowest BCUT2D eigenvalue weighted by molar-refractivity contribution is -0.143. The van der Waals surface area contributed by atoms with Gasteiger partial charge in [-0.2, -0.15) is 0 Å². The number of rotatable bonds is 64. The third kappa shape index (κ3) is 61.4. The molecule has 0 saturated carbocycles. The van der Waals surface area contributed by atoms with Crippen LogP contribution in [0.3, 0.4) is 0 Å². The molecule has 0 aliphatic rings. The zero-order chi connectivity index (χ0) is 54.3. The largest absolute Gasteiger partial charge is 0.466 e. The van der Waals surface area contributed by atoms with Crippen molar-refractivity contribution in [3.8, 4) is 0 Å². The summed E-state index contributed by atoms with van der Waals surface area (Å²) in [6, 6.07) is -0.634. The van der Waals surface area contributed by atoms with Crippen molar-refractivity contribution < 1.29 is 24.5 Å². The number of ether oxygens (including phenoxy) is 1. The van der Waals surface area contributed by atoms with Crippen LogP contribution < -0.4 is 5.32 Å². The molecule has 6 nitrogen and oxygen atoms in total. The Morgan fingerprint density at radius 3 is 0.947 bits per heavy atom. The van der Waals surface area contributed by atoms with Crippen LogP contribution in [0, 0.1) is 0 Å². The van der Waals surface area contributed by atoms with Gasteiger partial charge in [-0.25, -0.2) is 0 Å². The summed E-state index contributed by atoms with van der Waals surface area (Å²) in [6.45, 7) is 4.94. The Hall–Kier alpha value is -1.66. The van der Waals surface area contributed by atoms with Crippen molar-refractivity contribution in [2.75, 3.05) is 13.2 Å². The molecular weight excluding hydrogens is 923 g/mol. The normalized spacial score (nSPS) is 12.6. The number of allylic oxidation sites excluding steroid dienone is 3. The van der Waals surface area contributed by atoms with Gasteiger partial charge in [0.15, 0.2) is 0 Å². The maximum Gasteiger partial charge on any atom is 0.305 e. The summed E-state index contributed by atoms with van der Waals surface area (Å²) in [5.41, 5.74) is 0. The van der Waals surface area contributed by atoms with Crippen LogP contribution in [0.5, 0.6) is 0 Å². The van der Waals surface area contributed by atoms with Crippen molar-refractivity contribution in [2.24, 2.45) is 0 Å². The summed E-state index contributed by atoms with van der Waals surface area (Å²) < 4.78 is 5.50. The second-order valence-corrected chi connectivity index (χ2v) is 23.5. The maximum atomic E-state index is 12.5. The van der Waals surface area contributed by atoms with Gasteiger partial charge in [-0.05, 0) is 57.8 Å². The molecule has 2 atom stereocenters. The topological polar surface area (TPSA) is 95.9 Å². The minimum absolute atomic E-state index is 0.0136. The number of carbonyl (C=O) groups is 2. The molecule has 444 valence electrons. The van der Waals surface area contributed by atoms with Crippen LogP contribution in [0.25, 0.3) is 0 Å². The predicted molar refractivity (Wildman–Crippen MR) is 329 cm³/mol. The number of nitrogens with one attached hydrogen (secondary N) is 1. The molecule has 75 heavy (non-hydrogen) atoms. The van der Waals surface area contributed by atoms with Gasteiger partial charge in [0.2, 0.25) is 5.91 Å². The molecule has 1 amide bonds. The van der Waals surface area contributed by atoms with E-state index in [-0.39, 0.29) is 18.5 Å². The highest BCUT2D eigenvalue weighted by Gasteiger charge is 2.18. The fourth-order valence-corrected chi connectivity index (χ4v) is 10.7. The minimum atomic E-state index is -0.849. The average molecular weight is 1060 g/mol. The van der Waals surface area contributed by atoms with Gasteiger partial charge in [-0.1, -0.05) is 334 Å². The first-order valence-electron chi connectivity index (χ1n) is 34.1. The van der Waals surface area contributed by atoms with E-state index in [1.807, 2.05) is 6.08 Å². The van der Waals surface area contributed by atoms with Crippen molar-refractivity contribution in [3.63, 3.8) is 0 Å². The first-order valence-corrected chi connectivity index (χ1v) is 34.1. The third-order valence-electron chi connectivity index (χ3n) is 16.0. The monoisotopic (exact) mass is 1060 g/mol. The van der Waals surface area contributed by atoms with Crippen molar-refractivity contribution >= 4 is 11.9 Å². The summed E-state index contributed by atoms with van der Waals surface area (Å²) in [4.78, 5) is 24.6. The Labute approximate surface area is 469 Å². The summed E-state index contributed by atoms with van der Waals surface area (Å²) in [7, 11) is 0. The Kier molecular flexibility index (Phi) is 63.4. The predicted octanol–water partition coefficient (Wildman–Crippen LogP) is 21.8. The van der Waals surface area contributed by atoms with Crippen molar-refractivity contribution in [3.05, 3.63) is 24.3 Å². The van der Waals surface area contributed by atoms with Crippen molar-refractivity contribution in [1.82, 2.24) is 5.32 Å². The number of carbonyl (C=O) groups excluding carboxylic acids is 2. The van der Waals surface area contributed by atoms with Gasteiger partial charge in [-0.3, -0.25) is 9.59 Å². The van der Waals surface area contributed by atoms with E-state index in [1.165, 1.54) is 308 Å². The lowest BCUT2D eigenvalue weighted by atomic mass is 10.0. The number of aliphatic hydroxyl groups is 2. The lowest BCUT2D eigenvalue weighted by Crippen LogP contribution is -2.45. The summed E-state index contributed by atoms with van der Waals surface area (Å²) >= 11 is 0. The van der Waals surface area contributed by atoms with E-state index in [4.69, 9.17) is 4.74 Å². The van der Waals surface area contributed by atoms with E-state index in [1.54, 1.807) is 6.08 Å². The van der Waals surface area contributed by atoms with Crippen LogP contribution in [0.4, 0.5) is 0 Å². The molecule has 0 radical (unpaired) electrons. The first kappa shape index (κ1) is 73.3. The Balaban J connectivity index is 3.43. The molecular formula is C69H133NO5. The molecule has 0 aliphatic heterocycles. The third-order valence-corrected chi connectivity index (χ3v) is 16.0. The van der Waals surface area contributed by atoms with Gasteiger partial charge in [0.05, 0.1) is 25.4 Å². The zero-order valence-electron chi connectivity index (χ0n) is 50.8. The number of esters is 1. The van der Waals surface area contributed by atoms with Gasteiger partial charge >= 0.3 is 5.97 Å². The number of hydrogen-bond donors (Lipinski definition) is 3. The molecule has 0 spiro atoms. The van der Waals surface area contributed by atoms with Crippen LogP contribution in [0.15, 0.2) is 24.3 Å². The van der Waals surface area contributed by atoms with Crippen molar-refractivity contribution in [2.45, 2.75) is 392 Å². The van der Waals surface area contributed by atoms with Crippen molar-refractivity contribution in [1.29, 1.82) is 0 Å². The van der Waals surface area contributed by atoms with Gasteiger partial charge in [-0.15, -0.1) is 0 Å². The smallest absolute Gasteiger partial charge is 0.305 e.